The molecule has 0 aliphatic heterocycles. The fraction of sp³-hybridized carbons (Fsp3) is 0.308. The lowest BCUT2D eigenvalue weighted by Gasteiger charge is -2.14. The van der Waals surface area contributed by atoms with Gasteiger partial charge in [0, 0.05) is 24.9 Å². The van der Waals surface area contributed by atoms with Gasteiger partial charge in [-0.15, -0.1) is 0 Å². The number of aromatic nitrogens is 1. The van der Waals surface area contributed by atoms with Crippen molar-refractivity contribution in [2.24, 2.45) is 0 Å². The number of nitrogens with zero attached hydrogens (tertiary/aromatic N) is 1. The van der Waals surface area contributed by atoms with Gasteiger partial charge in [0.25, 0.3) is 0 Å². The van der Waals surface area contributed by atoms with Crippen LogP contribution in [0.3, 0.4) is 0 Å². The van der Waals surface area contributed by atoms with Crippen molar-refractivity contribution in [1.82, 2.24) is 9.71 Å². The van der Waals surface area contributed by atoms with E-state index >= 15 is 0 Å². The van der Waals surface area contributed by atoms with E-state index in [-0.39, 0.29) is 16.0 Å². The Labute approximate surface area is 123 Å². The molecule has 0 aromatic carbocycles. The molecule has 2 rings (SSSR count). The SMILES string of the molecule is CC(CCc1ccco1)NS(=O)(=O)c1cnccc1Cl. The van der Waals surface area contributed by atoms with Gasteiger partial charge in [-0.2, -0.15) is 0 Å². The predicted octanol–water partition coefficient (Wildman–Crippen LogP) is 2.63. The second-order valence-corrected chi connectivity index (χ2v) is 6.54. The summed E-state index contributed by atoms with van der Waals surface area (Å²) in [5.74, 6) is 0.829. The molecule has 1 N–H and O–H groups in total. The standard InChI is InChI=1S/C13H15ClN2O3S/c1-10(4-5-11-3-2-8-19-11)16-20(17,18)13-9-15-7-6-12(13)14/h2-3,6-10,16H,4-5H2,1H3. The molecule has 1 atom stereocenters. The van der Waals surface area contributed by atoms with E-state index in [1.807, 2.05) is 6.07 Å². The van der Waals surface area contributed by atoms with E-state index < -0.39 is 10.0 Å². The van der Waals surface area contributed by atoms with Crippen LogP contribution in [-0.4, -0.2) is 19.4 Å². The minimum atomic E-state index is -3.66. The highest BCUT2D eigenvalue weighted by atomic mass is 35.5. The number of rotatable bonds is 6. The zero-order valence-corrected chi connectivity index (χ0v) is 12.5. The number of furan rings is 1. The van der Waals surface area contributed by atoms with Crippen molar-refractivity contribution in [1.29, 1.82) is 0 Å². The second kappa shape index (κ2) is 6.39. The van der Waals surface area contributed by atoms with Gasteiger partial charge in [0.05, 0.1) is 11.3 Å². The monoisotopic (exact) mass is 314 g/mol. The second-order valence-electron chi connectivity index (χ2n) is 4.45. The summed E-state index contributed by atoms with van der Waals surface area (Å²) in [6.45, 7) is 1.80. The van der Waals surface area contributed by atoms with E-state index in [1.165, 1.54) is 18.5 Å². The predicted molar refractivity (Wildman–Crippen MR) is 76.1 cm³/mol. The summed E-state index contributed by atoms with van der Waals surface area (Å²) < 4.78 is 32.1. The van der Waals surface area contributed by atoms with Gasteiger partial charge in [0.1, 0.15) is 10.7 Å². The first kappa shape index (κ1) is 15.0. The molecule has 0 saturated carbocycles. The van der Waals surface area contributed by atoms with Crippen molar-refractivity contribution in [2.45, 2.75) is 30.7 Å². The average molecular weight is 315 g/mol. The number of pyridine rings is 1. The molecule has 108 valence electrons. The summed E-state index contributed by atoms with van der Waals surface area (Å²) in [6.07, 6.45) is 5.58. The smallest absolute Gasteiger partial charge is 0.243 e. The van der Waals surface area contributed by atoms with E-state index in [9.17, 15) is 8.42 Å². The maximum absolute atomic E-state index is 12.2. The fourth-order valence-electron chi connectivity index (χ4n) is 1.76. The normalized spacial score (nSPS) is 13.3. The quantitative estimate of drug-likeness (QED) is 0.889. The van der Waals surface area contributed by atoms with Crippen LogP contribution in [0, 0.1) is 0 Å². The fourth-order valence-corrected chi connectivity index (χ4v) is 3.47. The van der Waals surface area contributed by atoms with E-state index in [1.54, 1.807) is 19.3 Å². The Balaban J connectivity index is 1.99. The molecule has 2 aromatic rings. The Morgan fingerprint density at radius 3 is 2.90 bits per heavy atom. The molecule has 2 aromatic heterocycles. The summed E-state index contributed by atoms with van der Waals surface area (Å²) in [5.41, 5.74) is 0. The maximum Gasteiger partial charge on any atom is 0.243 e. The first-order valence-corrected chi connectivity index (χ1v) is 7.99. The summed E-state index contributed by atoms with van der Waals surface area (Å²) >= 11 is 5.88. The van der Waals surface area contributed by atoms with Crippen molar-refractivity contribution in [3.05, 3.63) is 47.6 Å². The molecular weight excluding hydrogens is 300 g/mol. The number of sulfonamides is 1. The van der Waals surface area contributed by atoms with Gasteiger partial charge >= 0.3 is 0 Å². The zero-order chi connectivity index (χ0) is 14.6. The van der Waals surface area contributed by atoms with E-state index in [0.717, 1.165) is 5.76 Å². The summed E-state index contributed by atoms with van der Waals surface area (Å²) in [5, 5.41) is 0.158. The number of nitrogens with one attached hydrogen (secondary N) is 1. The summed E-state index contributed by atoms with van der Waals surface area (Å²) in [7, 11) is -3.66. The molecule has 5 nitrogen and oxygen atoms in total. The van der Waals surface area contributed by atoms with Crippen LogP contribution in [-0.2, 0) is 16.4 Å². The van der Waals surface area contributed by atoms with Crippen molar-refractivity contribution >= 4 is 21.6 Å². The highest BCUT2D eigenvalue weighted by Crippen LogP contribution is 2.19. The molecule has 1 unspecified atom stereocenters. The van der Waals surface area contributed by atoms with Crippen LogP contribution in [0.25, 0.3) is 0 Å². The van der Waals surface area contributed by atoms with Crippen LogP contribution in [0.15, 0.2) is 46.2 Å². The molecule has 0 aliphatic carbocycles. The average Bonchev–Trinajstić information content (AvgIpc) is 2.89. The van der Waals surface area contributed by atoms with Crippen LogP contribution in [0.2, 0.25) is 5.02 Å². The molecule has 0 bridgehead atoms. The topological polar surface area (TPSA) is 72.2 Å². The van der Waals surface area contributed by atoms with Crippen LogP contribution in [0.4, 0.5) is 0 Å². The molecule has 7 heteroatoms. The Morgan fingerprint density at radius 2 is 2.25 bits per heavy atom. The van der Waals surface area contributed by atoms with Gasteiger partial charge in [-0.25, -0.2) is 13.1 Å². The zero-order valence-electron chi connectivity index (χ0n) is 10.9. The minimum Gasteiger partial charge on any atom is -0.469 e. The molecular formula is C13H15ClN2O3S. The molecule has 2 heterocycles. The molecule has 0 aliphatic rings. The van der Waals surface area contributed by atoms with Crippen molar-refractivity contribution in [3.8, 4) is 0 Å². The largest absolute Gasteiger partial charge is 0.469 e. The van der Waals surface area contributed by atoms with Crippen LogP contribution in [0.1, 0.15) is 19.1 Å². The first-order chi connectivity index (χ1) is 9.49. The molecule has 0 spiro atoms. The van der Waals surface area contributed by atoms with Crippen LogP contribution < -0.4 is 4.72 Å². The molecule has 0 fully saturated rings. The third-order valence-electron chi connectivity index (χ3n) is 2.78. The van der Waals surface area contributed by atoms with Gasteiger partial charge in [-0.3, -0.25) is 4.98 Å². The Hall–Kier alpha value is -1.37. The minimum absolute atomic E-state index is 0.00786. The third kappa shape index (κ3) is 3.82. The molecule has 0 saturated heterocycles. The van der Waals surface area contributed by atoms with Crippen LogP contribution in [0.5, 0.6) is 0 Å². The van der Waals surface area contributed by atoms with Gasteiger partial charge in [-0.1, -0.05) is 11.6 Å². The number of hydrogen-bond donors (Lipinski definition) is 1. The van der Waals surface area contributed by atoms with Gasteiger partial charge in [-0.05, 0) is 31.5 Å². The lowest BCUT2D eigenvalue weighted by atomic mass is 10.2. The number of hydrogen-bond acceptors (Lipinski definition) is 4. The Kier molecular flexibility index (Phi) is 4.80. The van der Waals surface area contributed by atoms with Gasteiger partial charge in [0.15, 0.2) is 0 Å². The first-order valence-electron chi connectivity index (χ1n) is 6.13. The molecule has 0 radical (unpaired) electrons. The lowest BCUT2D eigenvalue weighted by Crippen LogP contribution is -2.33. The highest BCUT2D eigenvalue weighted by molar-refractivity contribution is 7.89. The van der Waals surface area contributed by atoms with E-state index in [4.69, 9.17) is 16.0 Å². The van der Waals surface area contributed by atoms with Crippen LogP contribution >= 0.6 is 11.6 Å². The van der Waals surface area contributed by atoms with E-state index in [0.29, 0.717) is 12.8 Å². The van der Waals surface area contributed by atoms with Crippen molar-refractivity contribution in [2.75, 3.05) is 0 Å². The van der Waals surface area contributed by atoms with Gasteiger partial charge < -0.3 is 4.42 Å². The summed E-state index contributed by atoms with van der Waals surface area (Å²) in [4.78, 5) is 3.78. The van der Waals surface area contributed by atoms with E-state index in [2.05, 4.69) is 9.71 Å². The van der Waals surface area contributed by atoms with Crippen molar-refractivity contribution < 1.29 is 12.8 Å². The van der Waals surface area contributed by atoms with Crippen molar-refractivity contribution in [3.63, 3.8) is 0 Å². The third-order valence-corrected chi connectivity index (χ3v) is 4.84. The number of aryl methyl sites for hydroxylation is 1. The molecule has 0 amide bonds. The molecule has 20 heavy (non-hydrogen) atoms. The highest BCUT2D eigenvalue weighted by Gasteiger charge is 2.20. The number of halogens is 1. The lowest BCUT2D eigenvalue weighted by molar-refractivity contribution is 0.480. The Bertz CT molecular complexity index is 656. The maximum atomic E-state index is 12.2. The summed E-state index contributed by atoms with van der Waals surface area (Å²) in [6, 6.07) is 4.88. The van der Waals surface area contributed by atoms with Gasteiger partial charge in [0.2, 0.25) is 10.0 Å². The Morgan fingerprint density at radius 1 is 1.45 bits per heavy atom.